The third-order valence-corrected chi connectivity index (χ3v) is 6.05. The Morgan fingerprint density at radius 3 is 2.11 bits per heavy atom. The van der Waals surface area contributed by atoms with E-state index in [-0.39, 0.29) is 5.84 Å². The largest absolute Gasteiger partial charge is 0.386 e. The van der Waals surface area contributed by atoms with Crippen LogP contribution in [0.5, 0.6) is 0 Å². The molecule has 0 atom stereocenters. The third-order valence-electron chi connectivity index (χ3n) is 3.78. The maximum atomic E-state index is 12.2. The second-order valence-electron chi connectivity index (χ2n) is 6.40. The summed E-state index contributed by atoms with van der Waals surface area (Å²) in [6.45, 7) is 7.08. The molecule has 5 nitrogen and oxygen atoms in total. The van der Waals surface area contributed by atoms with Crippen molar-refractivity contribution in [2.24, 2.45) is 11.7 Å². The van der Waals surface area contributed by atoms with Crippen LogP contribution >= 0.6 is 0 Å². The van der Waals surface area contributed by atoms with Crippen molar-refractivity contribution < 1.29 is 8.42 Å². The summed E-state index contributed by atoms with van der Waals surface area (Å²) >= 11 is 0. The first-order valence-electron chi connectivity index (χ1n) is 6.38. The molecule has 0 amide bonds. The van der Waals surface area contributed by atoms with Gasteiger partial charge in [-0.3, -0.25) is 5.41 Å². The Balaban J connectivity index is 2.99. The molecule has 0 aromatic heterocycles. The molecule has 1 saturated carbocycles. The van der Waals surface area contributed by atoms with Crippen LogP contribution in [0.25, 0.3) is 0 Å². The highest BCUT2D eigenvalue weighted by molar-refractivity contribution is 7.90. The lowest BCUT2D eigenvalue weighted by Gasteiger charge is -2.40. The second kappa shape index (κ2) is 4.81. The van der Waals surface area contributed by atoms with E-state index in [2.05, 4.69) is 11.6 Å². The lowest BCUT2D eigenvalue weighted by molar-refractivity contribution is 0.284. The number of nitrogens with two attached hydrogens (primary N) is 1. The highest BCUT2D eigenvalue weighted by atomic mass is 32.2. The average molecular weight is 275 g/mol. The van der Waals surface area contributed by atoms with E-state index in [9.17, 15) is 8.42 Å². The van der Waals surface area contributed by atoms with E-state index in [0.29, 0.717) is 18.8 Å². The average Bonchev–Trinajstić information content (AvgIpc) is 2.19. The molecule has 1 aliphatic rings. The summed E-state index contributed by atoms with van der Waals surface area (Å²) in [4.78, 5) is 0. The molecule has 0 saturated heterocycles. The van der Waals surface area contributed by atoms with E-state index in [4.69, 9.17) is 11.1 Å². The molecular formula is C12H25N3O2S. The first-order valence-corrected chi connectivity index (χ1v) is 7.86. The summed E-state index contributed by atoms with van der Waals surface area (Å²) < 4.78 is 26.3. The van der Waals surface area contributed by atoms with Crippen LogP contribution in [0, 0.1) is 11.3 Å². The van der Waals surface area contributed by atoms with Gasteiger partial charge < -0.3 is 5.73 Å². The summed E-state index contributed by atoms with van der Waals surface area (Å²) in [7, 11) is -3.49. The van der Waals surface area contributed by atoms with Crippen LogP contribution in [0.4, 0.5) is 0 Å². The minimum atomic E-state index is -3.49. The van der Waals surface area contributed by atoms with Crippen molar-refractivity contribution in [3.63, 3.8) is 0 Å². The first-order chi connectivity index (χ1) is 8.00. The standard InChI is InChI=1S/C12H25N3O2S/c1-9-5-7-12(8-6-9,10(13)14)15-18(16,17)11(2,3)4/h9,15H,5-8H2,1-4H3,(H3,13,14). The number of hydrogen-bond donors (Lipinski definition) is 3. The molecule has 0 aromatic carbocycles. The molecule has 1 aliphatic carbocycles. The van der Waals surface area contributed by atoms with Crippen LogP contribution < -0.4 is 10.5 Å². The van der Waals surface area contributed by atoms with Crippen molar-refractivity contribution in [2.75, 3.05) is 0 Å². The highest BCUT2D eigenvalue weighted by Crippen LogP contribution is 2.33. The zero-order valence-electron chi connectivity index (χ0n) is 11.7. The number of nitrogens with one attached hydrogen (secondary N) is 2. The lowest BCUT2D eigenvalue weighted by Crippen LogP contribution is -2.61. The van der Waals surface area contributed by atoms with Crippen molar-refractivity contribution in [1.29, 1.82) is 5.41 Å². The third kappa shape index (κ3) is 3.03. The van der Waals surface area contributed by atoms with Crippen LogP contribution in [0.15, 0.2) is 0 Å². The van der Waals surface area contributed by atoms with Crippen molar-refractivity contribution in [2.45, 2.75) is 63.7 Å². The zero-order chi connectivity index (χ0) is 14.2. The maximum Gasteiger partial charge on any atom is 0.217 e. The summed E-state index contributed by atoms with van der Waals surface area (Å²) in [6.07, 6.45) is 3.01. The van der Waals surface area contributed by atoms with Crippen LogP contribution in [-0.4, -0.2) is 24.5 Å². The number of sulfonamides is 1. The Hall–Kier alpha value is -0.620. The van der Waals surface area contributed by atoms with E-state index < -0.39 is 20.3 Å². The van der Waals surface area contributed by atoms with Crippen molar-refractivity contribution >= 4 is 15.9 Å². The van der Waals surface area contributed by atoms with Gasteiger partial charge in [-0.2, -0.15) is 0 Å². The van der Waals surface area contributed by atoms with E-state index >= 15 is 0 Å². The Morgan fingerprint density at radius 1 is 1.33 bits per heavy atom. The molecule has 0 heterocycles. The van der Waals surface area contributed by atoms with Gasteiger partial charge in [0.05, 0.1) is 10.3 Å². The van der Waals surface area contributed by atoms with Crippen LogP contribution in [0.3, 0.4) is 0 Å². The molecular weight excluding hydrogens is 250 g/mol. The molecule has 106 valence electrons. The predicted octanol–water partition coefficient (Wildman–Crippen LogP) is 1.59. The lowest BCUT2D eigenvalue weighted by atomic mass is 9.77. The van der Waals surface area contributed by atoms with Gasteiger partial charge in [-0.25, -0.2) is 13.1 Å². The highest BCUT2D eigenvalue weighted by Gasteiger charge is 2.43. The normalized spacial score (nSPS) is 30.1. The topological polar surface area (TPSA) is 96.0 Å². The van der Waals surface area contributed by atoms with Gasteiger partial charge in [-0.05, 0) is 52.4 Å². The van der Waals surface area contributed by atoms with E-state index in [1.54, 1.807) is 20.8 Å². The smallest absolute Gasteiger partial charge is 0.217 e. The van der Waals surface area contributed by atoms with Crippen molar-refractivity contribution in [1.82, 2.24) is 4.72 Å². The molecule has 0 aromatic rings. The monoisotopic (exact) mass is 275 g/mol. The van der Waals surface area contributed by atoms with Gasteiger partial charge in [0.2, 0.25) is 10.0 Å². The quantitative estimate of drug-likeness (QED) is 0.539. The van der Waals surface area contributed by atoms with Crippen LogP contribution in [0.2, 0.25) is 0 Å². The summed E-state index contributed by atoms with van der Waals surface area (Å²) in [5, 5.41) is 7.74. The van der Waals surface area contributed by atoms with Gasteiger partial charge in [0, 0.05) is 0 Å². The molecule has 0 aliphatic heterocycles. The van der Waals surface area contributed by atoms with Crippen LogP contribution in [-0.2, 0) is 10.0 Å². The first kappa shape index (κ1) is 15.4. The Kier molecular flexibility index (Phi) is 4.13. The number of amidine groups is 1. The molecule has 18 heavy (non-hydrogen) atoms. The summed E-state index contributed by atoms with van der Waals surface area (Å²) in [5.74, 6) is 0.499. The SMILES string of the molecule is CC1CCC(NS(=O)(=O)C(C)(C)C)(C(=N)N)CC1. The summed E-state index contributed by atoms with van der Waals surface area (Å²) in [6, 6.07) is 0. The molecule has 0 radical (unpaired) electrons. The molecule has 6 heteroatoms. The minimum Gasteiger partial charge on any atom is -0.386 e. The van der Waals surface area contributed by atoms with Crippen molar-refractivity contribution in [3.8, 4) is 0 Å². The van der Waals surface area contributed by atoms with Crippen molar-refractivity contribution in [3.05, 3.63) is 0 Å². The van der Waals surface area contributed by atoms with Gasteiger partial charge in [-0.15, -0.1) is 0 Å². The van der Waals surface area contributed by atoms with Crippen LogP contribution in [0.1, 0.15) is 53.4 Å². The molecule has 1 rings (SSSR count). The predicted molar refractivity (Wildman–Crippen MR) is 74.1 cm³/mol. The Labute approximate surface area is 110 Å². The molecule has 0 spiro atoms. The van der Waals surface area contributed by atoms with Gasteiger partial charge in [0.1, 0.15) is 5.84 Å². The number of hydrogen-bond acceptors (Lipinski definition) is 3. The van der Waals surface area contributed by atoms with E-state index in [0.717, 1.165) is 12.8 Å². The van der Waals surface area contributed by atoms with Gasteiger partial charge in [0.25, 0.3) is 0 Å². The molecule has 0 bridgehead atoms. The van der Waals surface area contributed by atoms with Gasteiger partial charge >= 0.3 is 0 Å². The Bertz CT molecular complexity index is 415. The fraction of sp³-hybridized carbons (Fsp3) is 0.917. The van der Waals surface area contributed by atoms with Gasteiger partial charge in [-0.1, -0.05) is 6.92 Å². The molecule has 0 unspecified atom stereocenters. The molecule has 4 N–H and O–H groups in total. The second-order valence-corrected chi connectivity index (χ2v) is 8.83. The fourth-order valence-corrected chi connectivity index (χ4v) is 3.23. The fourth-order valence-electron chi connectivity index (χ4n) is 2.09. The Morgan fingerprint density at radius 2 is 1.78 bits per heavy atom. The maximum absolute atomic E-state index is 12.2. The van der Waals surface area contributed by atoms with Gasteiger partial charge in [0.15, 0.2) is 0 Å². The van der Waals surface area contributed by atoms with E-state index in [1.807, 2.05) is 0 Å². The van der Waals surface area contributed by atoms with E-state index in [1.165, 1.54) is 0 Å². The number of rotatable bonds is 3. The summed E-state index contributed by atoms with van der Waals surface area (Å²) in [5.41, 5.74) is 4.78. The zero-order valence-corrected chi connectivity index (χ0v) is 12.5. The minimum absolute atomic E-state index is 0.0674. The molecule has 1 fully saturated rings.